The quantitative estimate of drug-likeness (QED) is 0.245. The zero-order chi connectivity index (χ0) is 20.9. The minimum atomic E-state index is -0.438. The van der Waals surface area contributed by atoms with Gasteiger partial charge in [0.1, 0.15) is 11.6 Å². The molecular weight excluding hydrogens is 409 g/mol. The van der Waals surface area contributed by atoms with Crippen LogP contribution in [0.15, 0.2) is 76.5 Å². The fourth-order valence-electron chi connectivity index (χ4n) is 2.58. The Morgan fingerprint density at radius 3 is 2.57 bits per heavy atom. The summed E-state index contributed by atoms with van der Waals surface area (Å²) in [7, 11) is 0. The number of nitro groups is 1. The largest absolute Gasteiger partial charge is 0.411 e. The van der Waals surface area contributed by atoms with Crippen molar-refractivity contribution in [3.05, 3.63) is 88.4 Å². The SMILES string of the molecule is O=[N+]([O-])c1ccc(CSc2nnc(-c3cccnc3Nc3ccc(F)cc3)o2)cc1. The molecule has 0 aliphatic carbocycles. The summed E-state index contributed by atoms with van der Waals surface area (Å²) in [5, 5.41) is 22.3. The van der Waals surface area contributed by atoms with Gasteiger partial charge in [0.15, 0.2) is 0 Å². The third-order valence-electron chi connectivity index (χ3n) is 4.06. The number of benzene rings is 2. The summed E-state index contributed by atoms with van der Waals surface area (Å²) >= 11 is 1.32. The normalized spacial score (nSPS) is 10.7. The third-order valence-corrected chi connectivity index (χ3v) is 4.95. The van der Waals surface area contributed by atoms with Crippen LogP contribution in [0.1, 0.15) is 5.56 Å². The molecule has 0 unspecified atom stereocenters. The minimum Gasteiger partial charge on any atom is -0.411 e. The molecule has 0 aliphatic rings. The van der Waals surface area contributed by atoms with Gasteiger partial charge in [-0.25, -0.2) is 9.37 Å². The van der Waals surface area contributed by atoms with Gasteiger partial charge in [-0.2, -0.15) is 0 Å². The van der Waals surface area contributed by atoms with E-state index in [0.717, 1.165) is 5.56 Å². The molecule has 0 fully saturated rings. The average molecular weight is 423 g/mol. The van der Waals surface area contributed by atoms with Crippen molar-refractivity contribution < 1.29 is 13.7 Å². The van der Waals surface area contributed by atoms with Gasteiger partial charge in [-0.3, -0.25) is 10.1 Å². The lowest BCUT2D eigenvalue weighted by Gasteiger charge is -2.08. The van der Waals surface area contributed by atoms with Crippen LogP contribution in [0.25, 0.3) is 11.5 Å². The van der Waals surface area contributed by atoms with Gasteiger partial charge in [0.05, 0.1) is 10.5 Å². The monoisotopic (exact) mass is 423 g/mol. The zero-order valence-corrected chi connectivity index (χ0v) is 16.2. The van der Waals surface area contributed by atoms with E-state index in [-0.39, 0.29) is 11.5 Å². The van der Waals surface area contributed by atoms with Crippen molar-refractivity contribution in [2.24, 2.45) is 0 Å². The number of nitrogens with one attached hydrogen (secondary N) is 1. The van der Waals surface area contributed by atoms with Crippen molar-refractivity contribution in [2.75, 3.05) is 5.32 Å². The summed E-state index contributed by atoms with van der Waals surface area (Å²) < 4.78 is 18.9. The smallest absolute Gasteiger partial charge is 0.277 e. The Hall–Kier alpha value is -3.79. The Kier molecular flexibility index (Phi) is 5.66. The van der Waals surface area contributed by atoms with Crippen LogP contribution in [0.5, 0.6) is 0 Å². The number of thioether (sulfide) groups is 1. The Balaban J connectivity index is 1.47. The molecule has 4 rings (SSSR count). The number of hydrogen-bond acceptors (Lipinski definition) is 8. The van der Waals surface area contributed by atoms with Gasteiger partial charge in [0.25, 0.3) is 16.8 Å². The lowest BCUT2D eigenvalue weighted by atomic mass is 10.2. The predicted octanol–water partition coefficient (Wildman–Crippen LogP) is 5.21. The number of non-ortho nitro benzene ring substituents is 1. The van der Waals surface area contributed by atoms with Crippen molar-refractivity contribution in [3.63, 3.8) is 0 Å². The molecule has 2 aromatic carbocycles. The fraction of sp³-hybridized carbons (Fsp3) is 0.0500. The average Bonchev–Trinajstić information content (AvgIpc) is 3.23. The van der Waals surface area contributed by atoms with Gasteiger partial charge in [0, 0.05) is 29.8 Å². The van der Waals surface area contributed by atoms with E-state index in [2.05, 4.69) is 20.5 Å². The van der Waals surface area contributed by atoms with E-state index < -0.39 is 4.92 Å². The minimum absolute atomic E-state index is 0.0431. The highest BCUT2D eigenvalue weighted by Crippen LogP contribution is 2.30. The molecule has 10 heteroatoms. The molecule has 30 heavy (non-hydrogen) atoms. The van der Waals surface area contributed by atoms with Crippen LogP contribution in [-0.4, -0.2) is 20.1 Å². The van der Waals surface area contributed by atoms with Gasteiger partial charge in [-0.15, -0.1) is 10.2 Å². The summed E-state index contributed by atoms with van der Waals surface area (Å²) in [6.45, 7) is 0. The fourth-order valence-corrected chi connectivity index (χ4v) is 3.30. The van der Waals surface area contributed by atoms with Gasteiger partial charge in [0.2, 0.25) is 0 Å². The van der Waals surface area contributed by atoms with Crippen LogP contribution in [0.3, 0.4) is 0 Å². The van der Waals surface area contributed by atoms with Crippen molar-refractivity contribution in [1.82, 2.24) is 15.2 Å². The molecule has 8 nitrogen and oxygen atoms in total. The number of pyridine rings is 1. The maximum absolute atomic E-state index is 13.1. The molecule has 4 aromatic rings. The molecule has 0 spiro atoms. The third kappa shape index (κ3) is 4.61. The number of hydrogen-bond donors (Lipinski definition) is 1. The van der Waals surface area contributed by atoms with Crippen LogP contribution < -0.4 is 5.32 Å². The molecule has 0 saturated heterocycles. The molecule has 0 aliphatic heterocycles. The van der Waals surface area contributed by atoms with E-state index >= 15 is 0 Å². The maximum Gasteiger partial charge on any atom is 0.277 e. The van der Waals surface area contributed by atoms with Crippen LogP contribution in [0, 0.1) is 15.9 Å². The molecule has 0 radical (unpaired) electrons. The Labute approximate surface area is 174 Å². The lowest BCUT2D eigenvalue weighted by molar-refractivity contribution is -0.384. The Morgan fingerprint density at radius 2 is 1.83 bits per heavy atom. The standard InChI is InChI=1S/C20H14FN5O3S/c21-14-5-7-15(8-6-14)23-18-17(2-1-11-22-18)19-24-25-20(29-19)30-12-13-3-9-16(10-4-13)26(27)28/h1-11H,12H2,(H,22,23). The molecule has 0 bridgehead atoms. The number of nitro benzene ring substituents is 1. The summed E-state index contributed by atoms with van der Waals surface area (Å²) in [5.74, 6) is 0.986. The highest BCUT2D eigenvalue weighted by molar-refractivity contribution is 7.98. The van der Waals surface area contributed by atoms with E-state index in [1.165, 1.54) is 36.0 Å². The van der Waals surface area contributed by atoms with Crippen LogP contribution in [-0.2, 0) is 5.75 Å². The second kappa shape index (κ2) is 8.70. The Morgan fingerprint density at radius 1 is 1.07 bits per heavy atom. The van der Waals surface area contributed by atoms with E-state index in [1.54, 1.807) is 42.6 Å². The number of rotatable bonds is 7. The first-order valence-corrected chi connectivity index (χ1v) is 9.75. The summed E-state index contributed by atoms with van der Waals surface area (Å²) in [6, 6.07) is 15.7. The first-order valence-electron chi connectivity index (χ1n) is 8.76. The van der Waals surface area contributed by atoms with E-state index in [0.29, 0.717) is 33.9 Å². The zero-order valence-electron chi connectivity index (χ0n) is 15.4. The Bertz CT molecular complexity index is 1170. The molecule has 0 amide bonds. The predicted molar refractivity (Wildman–Crippen MR) is 110 cm³/mol. The molecule has 0 atom stereocenters. The van der Waals surface area contributed by atoms with Crippen molar-refractivity contribution in [1.29, 1.82) is 0 Å². The summed E-state index contributed by atoms with van der Waals surface area (Å²) in [6.07, 6.45) is 1.62. The molecule has 1 N–H and O–H groups in total. The van der Waals surface area contributed by atoms with Gasteiger partial charge in [-0.1, -0.05) is 23.9 Å². The van der Waals surface area contributed by atoms with Crippen LogP contribution in [0.4, 0.5) is 21.6 Å². The molecule has 2 heterocycles. The first-order chi connectivity index (χ1) is 14.6. The van der Waals surface area contributed by atoms with Crippen LogP contribution in [0.2, 0.25) is 0 Å². The highest BCUT2D eigenvalue weighted by Gasteiger charge is 2.15. The number of halogens is 1. The lowest BCUT2D eigenvalue weighted by Crippen LogP contribution is -1.96. The maximum atomic E-state index is 13.1. The number of aromatic nitrogens is 3. The van der Waals surface area contributed by atoms with E-state index in [9.17, 15) is 14.5 Å². The first kappa shape index (κ1) is 19.5. The molecule has 0 saturated carbocycles. The summed E-state index contributed by atoms with van der Waals surface area (Å²) in [4.78, 5) is 14.6. The molecular formula is C20H14FN5O3S. The summed E-state index contributed by atoms with van der Waals surface area (Å²) in [5.41, 5.74) is 2.21. The van der Waals surface area contributed by atoms with Gasteiger partial charge in [-0.05, 0) is 42.0 Å². The topological polar surface area (TPSA) is 107 Å². The second-order valence-electron chi connectivity index (χ2n) is 6.12. The van der Waals surface area contributed by atoms with Gasteiger partial charge < -0.3 is 9.73 Å². The van der Waals surface area contributed by atoms with E-state index in [4.69, 9.17) is 4.42 Å². The second-order valence-corrected chi connectivity index (χ2v) is 7.04. The number of nitrogens with zero attached hydrogens (tertiary/aromatic N) is 4. The molecule has 2 aromatic heterocycles. The van der Waals surface area contributed by atoms with Gasteiger partial charge >= 0.3 is 0 Å². The van der Waals surface area contributed by atoms with Crippen molar-refractivity contribution in [2.45, 2.75) is 11.0 Å². The number of anilines is 2. The van der Waals surface area contributed by atoms with Crippen LogP contribution >= 0.6 is 11.8 Å². The molecule has 150 valence electrons. The van der Waals surface area contributed by atoms with Crippen molar-refractivity contribution in [3.8, 4) is 11.5 Å². The van der Waals surface area contributed by atoms with E-state index in [1.807, 2.05) is 0 Å². The highest BCUT2D eigenvalue weighted by atomic mass is 32.2. The van der Waals surface area contributed by atoms with Crippen molar-refractivity contribution >= 4 is 29.0 Å².